The standard InChI is InChI=1S/C8H15N3O2/c1-8(2,5-12)11(3)4-7-9-6-10-13-7/h6,12H,4-5H2,1-3H3. The maximum atomic E-state index is 9.08. The Kier molecular flexibility index (Phi) is 3.00. The van der Waals surface area contributed by atoms with Gasteiger partial charge in [0.05, 0.1) is 13.2 Å². The van der Waals surface area contributed by atoms with Crippen molar-refractivity contribution in [2.24, 2.45) is 0 Å². The third kappa shape index (κ3) is 2.50. The molecule has 0 fully saturated rings. The van der Waals surface area contributed by atoms with E-state index in [1.807, 2.05) is 25.8 Å². The van der Waals surface area contributed by atoms with Crippen molar-refractivity contribution in [2.75, 3.05) is 13.7 Å². The summed E-state index contributed by atoms with van der Waals surface area (Å²) in [5.74, 6) is 0.559. The molecule has 5 heteroatoms. The maximum Gasteiger partial charge on any atom is 0.240 e. The lowest BCUT2D eigenvalue weighted by Crippen LogP contribution is -2.43. The lowest BCUT2D eigenvalue weighted by molar-refractivity contribution is 0.0652. The minimum atomic E-state index is -0.269. The first kappa shape index (κ1) is 10.1. The number of nitrogens with zero attached hydrogens (tertiary/aromatic N) is 3. The largest absolute Gasteiger partial charge is 0.394 e. The summed E-state index contributed by atoms with van der Waals surface area (Å²) in [6, 6.07) is 0. The van der Waals surface area contributed by atoms with Gasteiger partial charge in [0.25, 0.3) is 0 Å². The summed E-state index contributed by atoms with van der Waals surface area (Å²) in [6.07, 6.45) is 1.37. The van der Waals surface area contributed by atoms with Gasteiger partial charge in [-0.1, -0.05) is 5.16 Å². The molecule has 0 saturated heterocycles. The van der Waals surface area contributed by atoms with Gasteiger partial charge in [-0.2, -0.15) is 4.98 Å². The molecule has 74 valence electrons. The average Bonchev–Trinajstić information content (AvgIpc) is 2.57. The van der Waals surface area contributed by atoms with Crippen LogP contribution in [0.25, 0.3) is 0 Å². The second-order valence-corrected chi connectivity index (χ2v) is 3.66. The van der Waals surface area contributed by atoms with Crippen LogP contribution in [0.4, 0.5) is 0 Å². The zero-order chi connectivity index (χ0) is 9.90. The third-order valence-corrected chi connectivity index (χ3v) is 2.20. The van der Waals surface area contributed by atoms with E-state index >= 15 is 0 Å². The molecule has 1 N–H and O–H groups in total. The van der Waals surface area contributed by atoms with E-state index in [-0.39, 0.29) is 12.1 Å². The van der Waals surface area contributed by atoms with Crippen LogP contribution in [0, 0.1) is 0 Å². The van der Waals surface area contributed by atoms with Crippen molar-refractivity contribution in [1.82, 2.24) is 15.0 Å². The molecule has 0 spiro atoms. The van der Waals surface area contributed by atoms with E-state index < -0.39 is 0 Å². The van der Waals surface area contributed by atoms with Crippen LogP contribution in [-0.2, 0) is 6.54 Å². The van der Waals surface area contributed by atoms with E-state index in [0.29, 0.717) is 12.4 Å². The average molecular weight is 185 g/mol. The third-order valence-electron chi connectivity index (χ3n) is 2.20. The summed E-state index contributed by atoms with van der Waals surface area (Å²) in [4.78, 5) is 5.86. The van der Waals surface area contributed by atoms with Crippen LogP contribution in [0.1, 0.15) is 19.7 Å². The van der Waals surface area contributed by atoms with Crippen LogP contribution in [0.3, 0.4) is 0 Å². The highest BCUT2D eigenvalue weighted by Crippen LogP contribution is 2.13. The molecule has 0 aromatic carbocycles. The fourth-order valence-corrected chi connectivity index (χ4v) is 0.803. The van der Waals surface area contributed by atoms with Crippen LogP contribution in [0.5, 0.6) is 0 Å². The Morgan fingerprint density at radius 1 is 1.62 bits per heavy atom. The molecule has 0 unspecified atom stereocenters. The molecule has 0 amide bonds. The highest BCUT2D eigenvalue weighted by atomic mass is 16.5. The zero-order valence-corrected chi connectivity index (χ0v) is 8.19. The Balaban J connectivity index is 2.55. The summed E-state index contributed by atoms with van der Waals surface area (Å²) < 4.78 is 4.86. The van der Waals surface area contributed by atoms with E-state index in [2.05, 4.69) is 10.1 Å². The van der Waals surface area contributed by atoms with Crippen LogP contribution < -0.4 is 0 Å². The second kappa shape index (κ2) is 3.85. The first-order chi connectivity index (χ1) is 6.06. The number of aromatic nitrogens is 2. The highest BCUT2D eigenvalue weighted by molar-refractivity contribution is 4.82. The molecule has 1 rings (SSSR count). The summed E-state index contributed by atoms with van der Waals surface area (Å²) >= 11 is 0. The molecule has 0 atom stereocenters. The lowest BCUT2D eigenvalue weighted by atomic mass is 10.1. The van der Waals surface area contributed by atoms with Gasteiger partial charge in [-0.05, 0) is 20.9 Å². The predicted molar refractivity (Wildman–Crippen MR) is 46.9 cm³/mol. The fraction of sp³-hybridized carbons (Fsp3) is 0.750. The molecule has 0 bridgehead atoms. The summed E-state index contributed by atoms with van der Waals surface area (Å²) in [5.41, 5.74) is -0.269. The molecule has 0 aliphatic carbocycles. The molecule has 1 aromatic rings. The number of hydrogen-bond donors (Lipinski definition) is 1. The van der Waals surface area contributed by atoms with Gasteiger partial charge in [0.2, 0.25) is 5.89 Å². The number of likely N-dealkylation sites (N-methyl/N-ethyl adjacent to an activating group) is 1. The van der Waals surface area contributed by atoms with Gasteiger partial charge < -0.3 is 9.63 Å². The van der Waals surface area contributed by atoms with Crippen LogP contribution >= 0.6 is 0 Å². The van der Waals surface area contributed by atoms with E-state index in [9.17, 15) is 0 Å². The normalized spacial score (nSPS) is 12.4. The van der Waals surface area contributed by atoms with Crippen LogP contribution in [0.15, 0.2) is 10.9 Å². The molecule has 0 aliphatic heterocycles. The van der Waals surface area contributed by atoms with Gasteiger partial charge in [-0.15, -0.1) is 0 Å². The smallest absolute Gasteiger partial charge is 0.240 e. The number of aliphatic hydroxyl groups excluding tert-OH is 1. The minimum absolute atomic E-state index is 0.0949. The maximum absolute atomic E-state index is 9.08. The van der Waals surface area contributed by atoms with Crippen molar-refractivity contribution in [3.05, 3.63) is 12.2 Å². The lowest BCUT2D eigenvalue weighted by Gasteiger charge is -2.32. The van der Waals surface area contributed by atoms with Crippen molar-refractivity contribution in [3.63, 3.8) is 0 Å². The number of rotatable bonds is 4. The number of hydrogen-bond acceptors (Lipinski definition) is 5. The number of aliphatic hydroxyl groups is 1. The topological polar surface area (TPSA) is 62.4 Å². The Bertz CT molecular complexity index is 246. The van der Waals surface area contributed by atoms with Gasteiger partial charge in [0, 0.05) is 5.54 Å². The van der Waals surface area contributed by atoms with E-state index in [0.717, 1.165) is 0 Å². The van der Waals surface area contributed by atoms with Crippen molar-refractivity contribution < 1.29 is 9.63 Å². The molecule has 1 heterocycles. The van der Waals surface area contributed by atoms with Crippen molar-refractivity contribution in [2.45, 2.75) is 25.9 Å². The Hall–Kier alpha value is -0.940. The molecule has 13 heavy (non-hydrogen) atoms. The highest BCUT2D eigenvalue weighted by Gasteiger charge is 2.23. The van der Waals surface area contributed by atoms with Gasteiger partial charge in [0.15, 0.2) is 6.33 Å². The quantitative estimate of drug-likeness (QED) is 0.729. The molecule has 0 radical (unpaired) electrons. The van der Waals surface area contributed by atoms with Gasteiger partial charge in [-0.25, -0.2) is 0 Å². The first-order valence-corrected chi connectivity index (χ1v) is 4.14. The summed E-state index contributed by atoms with van der Waals surface area (Å²) in [5, 5.41) is 12.6. The summed E-state index contributed by atoms with van der Waals surface area (Å²) in [6.45, 7) is 4.54. The molecular weight excluding hydrogens is 170 g/mol. The SMILES string of the molecule is CN(Cc1ncno1)C(C)(C)CO. The fourth-order valence-electron chi connectivity index (χ4n) is 0.803. The van der Waals surface area contributed by atoms with E-state index in [4.69, 9.17) is 9.63 Å². The Labute approximate surface area is 77.4 Å². The molecule has 5 nitrogen and oxygen atoms in total. The molecule has 1 aromatic heterocycles. The van der Waals surface area contributed by atoms with Gasteiger partial charge in [0.1, 0.15) is 0 Å². The molecular formula is C8H15N3O2. The Morgan fingerprint density at radius 2 is 2.31 bits per heavy atom. The molecule has 0 aliphatic rings. The predicted octanol–water partition coefficient (Wildman–Crippen LogP) is 0.272. The minimum Gasteiger partial charge on any atom is -0.394 e. The van der Waals surface area contributed by atoms with Gasteiger partial charge in [-0.3, -0.25) is 4.90 Å². The van der Waals surface area contributed by atoms with Crippen LogP contribution in [0.2, 0.25) is 0 Å². The zero-order valence-electron chi connectivity index (χ0n) is 8.19. The van der Waals surface area contributed by atoms with Crippen molar-refractivity contribution >= 4 is 0 Å². The first-order valence-electron chi connectivity index (χ1n) is 4.14. The molecule has 0 saturated carbocycles. The van der Waals surface area contributed by atoms with E-state index in [1.54, 1.807) is 0 Å². The van der Waals surface area contributed by atoms with Gasteiger partial charge >= 0.3 is 0 Å². The van der Waals surface area contributed by atoms with Crippen molar-refractivity contribution in [3.8, 4) is 0 Å². The summed E-state index contributed by atoms with van der Waals surface area (Å²) in [7, 11) is 1.90. The Morgan fingerprint density at radius 3 is 2.77 bits per heavy atom. The monoisotopic (exact) mass is 185 g/mol. The second-order valence-electron chi connectivity index (χ2n) is 3.66. The van der Waals surface area contributed by atoms with E-state index in [1.165, 1.54) is 6.33 Å². The van der Waals surface area contributed by atoms with Crippen LogP contribution in [-0.4, -0.2) is 39.3 Å². The van der Waals surface area contributed by atoms with Crippen molar-refractivity contribution in [1.29, 1.82) is 0 Å².